The molecule has 2 rings (SSSR count). The van der Waals surface area contributed by atoms with E-state index in [2.05, 4.69) is 31.8 Å². The van der Waals surface area contributed by atoms with E-state index in [0.717, 1.165) is 13.0 Å². The van der Waals surface area contributed by atoms with E-state index in [0.29, 0.717) is 12.5 Å². The molecule has 0 aliphatic carbocycles. The van der Waals surface area contributed by atoms with Crippen molar-refractivity contribution in [1.29, 1.82) is 0 Å². The highest BCUT2D eigenvalue weighted by atomic mass is 16.5. The van der Waals surface area contributed by atoms with Crippen molar-refractivity contribution < 1.29 is 9.47 Å². The highest BCUT2D eigenvalue weighted by Gasteiger charge is 2.18. The predicted octanol–water partition coefficient (Wildman–Crippen LogP) is 2.55. The van der Waals surface area contributed by atoms with Crippen LogP contribution in [0, 0.1) is 0 Å². The Hall–Kier alpha value is -1.09. The van der Waals surface area contributed by atoms with Gasteiger partial charge in [-0.2, -0.15) is 0 Å². The van der Waals surface area contributed by atoms with Crippen molar-refractivity contribution in [3.63, 3.8) is 0 Å². The molecule has 2 heterocycles. The minimum atomic E-state index is 0.141. The first-order chi connectivity index (χ1) is 7.55. The number of aromatic nitrogens is 1. The predicted molar refractivity (Wildman–Crippen MR) is 62.8 cm³/mol. The number of rotatable bonds is 2. The minimum Gasteiger partial charge on any atom is -0.472 e. The summed E-state index contributed by atoms with van der Waals surface area (Å²) in [6, 6.07) is 4.02. The van der Waals surface area contributed by atoms with Gasteiger partial charge in [-0.25, -0.2) is 4.98 Å². The van der Waals surface area contributed by atoms with E-state index in [4.69, 9.17) is 9.47 Å². The van der Waals surface area contributed by atoms with Gasteiger partial charge in [-0.15, -0.1) is 0 Å². The second-order valence-electron chi connectivity index (χ2n) is 5.24. The van der Waals surface area contributed by atoms with Gasteiger partial charge in [-0.1, -0.05) is 26.8 Å². The molecule has 1 aliphatic rings. The normalized spacial score (nSPS) is 21.1. The van der Waals surface area contributed by atoms with Crippen molar-refractivity contribution in [2.45, 2.75) is 38.7 Å². The van der Waals surface area contributed by atoms with Crippen molar-refractivity contribution in [3.8, 4) is 5.88 Å². The number of hydrogen-bond donors (Lipinski definition) is 0. The molecule has 0 spiro atoms. The zero-order valence-electron chi connectivity index (χ0n) is 10.2. The summed E-state index contributed by atoms with van der Waals surface area (Å²) in [6.45, 7) is 8.01. The lowest BCUT2D eigenvalue weighted by molar-refractivity contribution is 0.138. The van der Waals surface area contributed by atoms with Gasteiger partial charge in [-0.05, 0) is 11.0 Å². The van der Waals surface area contributed by atoms with Gasteiger partial charge >= 0.3 is 0 Å². The van der Waals surface area contributed by atoms with E-state index in [1.54, 1.807) is 0 Å². The fourth-order valence-electron chi connectivity index (χ4n) is 1.67. The molecule has 0 radical (unpaired) electrons. The minimum absolute atomic E-state index is 0.141. The third-order valence-corrected chi connectivity index (χ3v) is 2.78. The maximum Gasteiger partial charge on any atom is 0.213 e. The Morgan fingerprint density at radius 2 is 2.19 bits per heavy atom. The molecule has 1 atom stereocenters. The fraction of sp³-hybridized carbons (Fsp3) is 0.615. The molecule has 16 heavy (non-hydrogen) atoms. The van der Waals surface area contributed by atoms with E-state index < -0.39 is 0 Å². The van der Waals surface area contributed by atoms with Gasteiger partial charge in [0.1, 0.15) is 6.10 Å². The van der Waals surface area contributed by atoms with Crippen molar-refractivity contribution >= 4 is 0 Å². The summed E-state index contributed by atoms with van der Waals surface area (Å²) in [5, 5.41) is 0. The third kappa shape index (κ3) is 2.73. The van der Waals surface area contributed by atoms with Crippen LogP contribution in [0.4, 0.5) is 0 Å². The van der Waals surface area contributed by atoms with Crippen LogP contribution in [0.5, 0.6) is 5.88 Å². The van der Waals surface area contributed by atoms with Crippen molar-refractivity contribution in [1.82, 2.24) is 4.98 Å². The van der Waals surface area contributed by atoms with E-state index >= 15 is 0 Å². The molecule has 0 amide bonds. The highest BCUT2D eigenvalue weighted by molar-refractivity contribution is 5.23. The smallest absolute Gasteiger partial charge is 0.213 e. The molecule has 1 aliphatic heterocycles. The first-order valence-electron chi connectivity index (χ1n) is 5.76. The Balaban J connectivity index is 2.01. The summed E-state index contributed by atoms with van der Waals surface area (Å²) in [5.41, 5.74) is 1.37. The zero-order chi connectivity index (χ0) is 11.6. The van der Waals surface area contributed by atoms with E-state index in [1.165, 1.54) is 5.56 Å². The number of ether oxygens (including phenoxy) is 2. The van der Waals surface area contributed by atoms with Gasteiger partial charge in [0.15, 0.2) is 0 Å². The van der Waals surface area contributed by atoms with E-state index in [-0.39, 0.29) is 11.5 Å². The maximum atomic E-state index is 5.71. The molecule has 0 saturated carbocycles. The standard InChI is InChI=1S/C13H19NO2/c1-13(2,3)10-4-5-12(14-8-10)16-11-6-7-15-9-11/h4-5,8,11H,6-7,9H2,1-3H3/t11-/m1/s1. The van der Waals surface area contributed by atoms with Crippen LogP contribution in [0.1, 0.15) is 32.8 Å². The molecule has 0 bridgehead atoms. The van der Waals surface area contributed by atoms with Crippen LogP contribution in [-0.2, 0) is 10.2 Å². The first kappa shape index (κ1) is 11.4. The fourth-order valence-corrected chi connectivity index (χ4v) is 1.67. The third-order valence-electron chi connectivity index (χ3n) is 2.78. The second-order valence-corrected chi connectivity index (χ2v) is 5.24. The zero-order valence-corrected chi connectivity index (χ0v) is 10.2. The summed E-state index contributed by atoms with van der Waals surface area (Å²) in [7, 11) is 0. The quantitative estimate of drug-likeness (QED) is 0.769. The van der Waals surface area contributed by atoms with Crippen molar-refractivity contribution in [2.24, 2.45) is 0 Å². The van der Waals surface area contributed by atoms with Crippen molar-refractivity contribution in [2.75, 3.05) is 13.2 Å². The van der Waals surface area contributed by atoms with E-state index in [1.807, 2.05) is 12.3 Å². The topological polar surface area (TPSA) is 31.4 Å². The average Bonchev–Trinajstić information content (AvgIpc) is 2.70. The maximum absolute atomic E-state index is 5.71. The Morgan fingerprint density at radius 1 is 1.38 bits per heavy atom. The van der Waals surface area contributed by atoms with Gasteiger partial charge in [0, 0.05) is 18.7 Å². The molecule has 88 valence electrons. The molecule has 1 fully saturated rings. The molecule has 3 heteroatoms. The van der Waals surface area contributed by atoms with Gasteiger partial charge in [-0.3, -0.25) is 0 Å². The average molecular weight is 221 g/mol. The van der Waals surface area contributed by atoms with Crippen LogP contribution in [0.2, 0.25) is 0 Å². The van der Waals surface area contributed by atoms with Gasteiger partial charge < -0.3 is 9.47 Å². The molecular formula is C13H19NO2. The van der Waals surface area contributed by atoms with Crippen LogP contribution in [0.15, 0.2) is 18.3 Å². The Bertz CT molecular complexity index is 334. The molecule has 0 N–H and O–H groups in total. The Labute approximate surface area is 96.8 Å². The monoisotopic (exact) mass is 221 g/mol. The number of hydrogen-bond acceptors (Lipinski definition) is 3. The molecule has 0 aromatic carbocycles. The van der Waals surface area contributed by atoms with Crippen LogP contribution in [-0.4, -0.2) is 24.3 Å². The summed E-state index contributed by atoms with van der Waals surface area (Å²) >= 11 is 0. The lowest BCUT2D eigenvalue weighted by atomic mass is 9.88. The van der Waals surface area contributed by atoms with Crippen molar-refractivity contribution in [3.05, 3.63) is 23.9 Å². The van der Waals surface area contributed by atoms with E-state index in [9.17, 15) is 0 Å². The Kier molecular flexibility index (Phi) is 3.15. The first-order valence-corrected chi connectivity index (χ1v) is 5.76. The lowest BCUT2D eigenvalue weighted by Gasteiger charge is -2.19. The van der Waals surface area contributed by atoms with Gasteiger partial charge in [0.2, 0.25) is 5.88 Å². The van der Waals surface area contributed by atoms with Crippen LogP contribution in [0.3, 0.4) is 0 Å². The molecule has 1 aromatic heterocycles. The lowest BCUT2D eigenvalue weighted by Crippen LogP contribution is -2.17. The summed E-state index contributed by atoms with van der Waals surface area (Å²) in [6.07, 6.45) is 3.03. The molecule has 1 saturated heterocycles. The van der Waals surface area contributed by atoms with Gasteiger partial charge in [0.25, 0.3) is 0 Å². The molecule has 3 nitrogen and oxygen atoms in total. The molecular weight excluding hydrogens is 202 g/mol. The summed E-state index contributed by atoms with van der Waals surface area (Å²) in [4.78, 5) is 4.33. The van der Waals surface area contributed by atoms with Crippen LogP contribution in [0.25, 0.3) is 0 Å². The number of pyridine rings is 1. The van der Waals surface area contributed by atoms with Crippen LogP contribution >= 0.6 is 0 Å². The molecule has 0 unspecified atom stereocenters. The SMILES string of the molecule is CC(C)(C)c1ccc(O[C@@H]2CCOC2)nc1. The van der Waals surface area contributed by atoms with Crippen LogP contribution < -0.4 is 4.74 Å². The second kappa shape index (κ2) is 4.42. The molecule has 1 aromatic rings. The highest BCUT2D eigenvalue weighted by Crippen LogP contribution is 2.23. The number of nitrogens with zero attached hydrogens (tertiary/aromatic N) is 1. The van der Waals surface area contributed by atoms with Gasteiger partial charge in [0.05, 0.1) is 13.2 Å². The largest absolute Gasteiger partial charge is 0.472 e. The Morgan fingerprint density at radius 3 is 2.69 bits per heavy atom. The summed E-state index contributed by atoms with van der Waals surface area (Å²) in [5.74, 6) is 0.698. The summed E-state index contributed by atoms with van der Waals surface area (Å²) < 4.78 is 11.0.